The van der Waals surface area contributed by atoms with Crippen molar-refractivity contribution in [3.05, 3.63) is 117 Å². The van der Waals surface area contributed by atoms with Gasteiger partial charge in [-0.2, -0.15) is 0 Å². The van der Waals surface area contributed by atoms with Crippen molar-refractivity contribution < 1.29 is 14.9 Å². The summed E-state index contributed by atoms with van der Waals surface area (Å²) in [5, 5.41) is 28.8. The number of phenols is 1. The van der Waals surface area contributed by atoms with Crippen molar-refractivity contribution >= 4 is 33.9 Å². The molecular weight excluding hydrogens is 526 g/mol. The van der Waals surface area contributed by atoms with E-state index in [9.17, 15) is 15.0 Å². The summed E-state index contributed by atoms with van der Waals surface area (Å²) in [4.78, 5) is 14.2. The SMILES string of the molecule is COc1ccc(Nc2ccc(CCNC[C@H](O)c3ccc(O)c4[nH]c(=O)ccc34)cc2)cc1-c1cccc(Cl)c1. The molecule has 5 aromatic rings. The number of anilines is 2. The first-order valence-corrected chi connectivity index (χ1v) is 13.3. The highest BCUT2D eigenvalue weighted by molar-refractivity contribution is 6.30. The van der Waals surface area contributed by atoms with Crippen LogP contribution in [0, 0.1) is 0 Å². The van der Waals surface area contributed by atoms with Gasteiger partial charge in [0.2, 0.25) is 5.56 Å². The molecule has 0 aliphatic rings. The molecule has 0 saturated carbocycles. The lowest BCUT2D eigenvalue weighted by atomic mass is 10.0. The van der Waals surface area contributed by atoms with Crippen LogP contribution in [0.3, 0.4) is 0 Å². The van der Waals surface area contributed by atoms with Crippen LogP contribution in [0.15, 0.2) is 95.8 Å². The number of pyridine rings is 1. The molecule has 0 aliphatic carbocycles. The molecule has 0 unspecified atom stereocenters. The number of benzene rings is 4. The van der Waals surface area contributed by atoms with Crippen molar-refractivity contribution in [2.75, 3.05) is 25.5 Å². The monoisotopic (exact) mass is 555 g/mol. The van der Waals surface area contributed by atoms with Crippen LogP contribution < -0.4 is 20.9 Å². The maximum Gasteiger partial charge on any atom is 0.248 e. The second kappa shape index (κ2) is 12.3. The second-order valence-electron chi connectivity index (χ2n) is 9.50. The number of ether oxygens (including phenoxy) is 1. The molecular formula is C32H30ClN3O4. The minimum atomic E-state index is -0.790. The third-order valence-electron chi connectivity index (χ3n) is 6.77. The number of aromatic nitrogens is 1. The Morgan fingerprint density at radius 3 is 2.52 bits per heavy atom. The normalized spacial score (nSPS) is 11.9. The van der Waals surface area contributed by atoms with E-state index in [0.717, 1.165) is 40.2 Å². The molecule has 4 aromatic carbocycles. The number of hydrogen-bond donors (Lipinski definition) is 5. The fraction of sp³-hybridized carbons (Fsp3) is 0.156. The van der Waals surface area contributed by atoms with Gasteiger partial charge < -0.3 is 30.6 Å². The molecule has 0 aliphatic heterocycles. The van der Waals surface area contributed by atoms with Gasteiger partial charge in [0.15, 0.2) is 0 Å². The molecule has 0 saturated heterocycles. The Morgan fingerprint density at radius 1 is 0.950 bits per heavy atom. The van der Waals surface area contributed by atoms with Gasteiger partial charge in [-0.25, -0.2) is 0 Å². The lowest BCUT2D eigenvalue weighted by Gasteiger charge is -2.15. The summed E-state index contributed by atoms with van der Waals surface area (Å²) in [6.07, 6.45) is -0.000151. The van der Waals surface area contributed by atoms with Crippen molar-refractivity contribution in [2.24, 2.45) is 0 Å². The highest BCUT2D eigenvalue weighted by Gasteiger charge is 2.14. The molecule has 0 bridgehead atoms. The van der Waals surface area contributed by atoms with Crippen molar-refractivity contribution in [2.45, 2.75) is 12.5 Å². The molecule has 0 radical (unpaired) electrons. The largest absolute Gasteiger partial charge is 0.506 e. The van der Waals surface area contributed by atoms with Gasteiger partial charge in [0.1, 0.15) is 11.5 Å². The van der Waals surface area contributed by atoms with Crippen molar-refractivity contribution in [1.29, 1.82) is 0 Å². The van der Waals surface area contributed by atoms with Gasteiger partial charge in [0, 0.05) is 40.0 Å². The Hall–Kier alpha value is -4.30. The highest BCUT2D eigenvalue weighted by Crippen LogP contribution is 2.34. The smallest absolute Gasteiger partial charge is 0.248 e. The molecule has 5 rings (SSSR count). The quantitative estimate of drug-likeness (QED) is 0.132. The number of halogens is 1. The van der Waals surface area contributed by atoms with E-state index in [1.54, 1.807) is 19.2 Å². The third kappa shape index (κ3) is 6.29. The molecule has 204 valence electrons. The first-order chi connectivity index (χ1) is 19.4. The van der Waals surface area contributed by atoms with Crippen LogP contribution >= 0.6 is 11.6 Å². The molecule has 0 fully saturated rings. The topological polar surface area (TPSA) is 107 Å². The second-order valence-corrected chi connectivity index (χ2v) is 9.94. The molecule has 7 nitrogen and oxygen atoms in total. The fourth-order valence-electron chi connectivity index (χ4n) is 4.72. The molecule has 1 atom stereocenters. The van der Waals surface area contributed by atoms with E-state index in [-0.39, 0.29) is 11.3 Å². The van der Waals surface area contributed by atoms with Crippen LogP contribution in [0.4, 0.5) is 11.4 Å². The van der Waals surface area contributed by atoms with Gasteiger partial charge in [-0.3, -0.25) is 4.79 Å². The van der Waals surface area contributed by atoms with Crippen molar-refractivity contribution in [3.8, 4) is 22.6 Å². The number of hydrogen-bond acceptors (Lipinski definition) is 6. The van der Waals surface area contributed by atoms with Crippen LogP contribution in [0.2, 0.25) is 5.02 Å². The number of fused-ring (bicyclic) bond motifs is 1. The average Bonchev–Trinajstić information content (AvgIpc) is 2.96. The number of rotatable bonds is 10. The average molecular weight is 556 g/mol. The van der Waals surface area contributed by atoms with Crippen LogP contribution in [-0.4, -0.2) is 35.4 Å². The summed E-state index contributed by atoms with van der Waals surface area (Å²) in [5.41, 5.74) is 5.66. The summed E-state index contributed by atoms with van der Waals surface area (Å²) >= 11 is 6.20. The zero-order chi connectivity index (χ0) is 28.1. The standard InChI is InChI=1S/C32H30ClN3O4/c1-40-30-13-9-24(18-27(30)21-3-2-4-22(33)17-21)35-23-7-5-20(6-8-23)15-16-34-19-29(38)25-10-12-28(37)32-26(25)11-14-31(39)36-32/h2-14,17-18,29,34-35,37-38H,15-16,19H2,1H3,(H,36,39)/t29-/m0/s1. The Kier molecular flexibility index (Phi) is 8.36. The molecule has 0 amide bonds. The summed E-state index contributed by atoms with van der Waals surface area (Å²) in [6.45, 7) is 1.02. The zero-order valence-corrected chi connectivity index (χ0v) is 22.7. The number of aromatic amines is 1. The number of aliphatic hydroxyl groups is 1. The van der Waals surface area contributed by atoms with Crippen LogP contribution in [0.25, 0.3) is 22.0 Å². The Morgan fingerprint density at radius 2 is 1.75 bits per heavy atom. The maximum atomic E-state index is 11.6. The molecule has 0 spiro atoms. The van der Waals surface area contributed by atoms with E-state index in [4.69, 9.17) is 16.3 Å². The first-order valence-electron chi connectivity index (χ1n) is 12.9. The van der Waals surface area contributed by atoms with Gasteiger partial charge in [-0.05, 0) is 84.3 Å². The third-order valence-corrected chi connectivity index (χ3v) is 7.01. The first kappa shape index (κ1) is 27.3. The van der Waals surface area contributed by atoms with E-state index < -0.39 is 6.10 Å². The number of nitrogens with one attached hydrogen (secondary N) is 3. The highest BCUT2D eigenvalue weighted by atomic mass is 35.5. The van der Waals surface area contributed by atoms with Crippen LogP contribution in [0.5, 0.6) is 11.5 Å². The fourth-order valence-corrected chi connectivity index (χ4v) is 4.91. The summed E-state index contributed by atoms with van der Waals surface area (Å²) in [5.74, 6) is 0.748. The zero-order valence-electron chi connectivity index (χ0n) is 21.9. The number of aliphatic hydroxyl groups excluding tert-OH is 1. The van der Waals surface area contributed by atoms with Gasteiger partial charge in [-0.1, -0.05) is 41.9 Å². The number of phenolic OH excluding ortho intramolecular Hbond substituents is 1. The van der Waals surface area contributed by atoms with Gasteiger partial charge >= 0.3 is 0 Å². The minimum absolute atomic E-state index is 0.0249. The summed E-state index contributed by atoms with van der Waals surface area (Å²) in [7, 11) is 1.66. The maximum absolute atomic E-state index is 11.6. The molecule has 8 heteroatoms. The van der Waals surface area contributed by atoms with Crippen LogP contribution in [0.1, 0.15) is 17.2 Å². The number of H-pyrrole nitrogens is 1. The summed E-state index contributed by atoms with van der Waals surface area (Å²) in [6, 6.07) is 28.0. The molecule has 1 heterocycles. The minimum Gasteiger partial charge on any atom is -0.506 e. The Labute approximate surface area is 237 Å². The van der Waals surface area contributed by atoms with E-state index in [2.05, 4.69) is 27.8 Å². The van der Waals surface area contributed by atoms with Crippen molar-refractivity contribution in [1.82, 2.24) is 10.3 Å². The number of aromatic hydroxyl groups is 1. The Bertz CT molecular complexity index is 1680. The van der Waals surface area contributed by atoms with Gasteiger partial charge in [-0.15, -0.1) is 0 Å². The van der Waals surface area contributed by atoms with Gasteiger partial charge in [0.05, 0.1) is 18.7 Å². The molecule has 5 N–H and O–H groups in total. The van der Waals surface area contributed by atoms with Gasteiger partial charge in [0.25, 0.3) is 0 Å². The molecule has 40 heavy (non-hydrogen) atoms. The molecule has 1 aromatic heterocycles. The lowest BCUT2D eigenvalue weighted by molar-refractivity contribution is 0.176. The predicted molar refractivity (Wildman–Crippen MR) is 161 cm³/mol. The van der Waals surface area contributed by atoms with E-state index in [1.165, 1.54) is 12.1 Å². The summed E-state index contributed by atoms with van der Waals surface area (Å²) < 4.78 is 5.56. The predicted octanol–water partition coefficient (Wildman–Crippen LogP) is 6.17. The Balaban J connectivity index is 1.17. The lowest BCUT2D eigenvalue weighted by Crippen LogP contribution is -2.24. The van der Waals surface area contributed by atoms with E-state index >= 15 is 0 Å². The van der Waals surface area contributed by atoms with E-state index in [0.29, 0.717) is 34.6 Å². The van der Waals surface area contributed by atoms with E-state index in [1.807, 2.05) is 54.6 Å². The van der Waals surface area contributed by atoms with Crippen LogP contribution in [-0.2, 0) is 6.42 Å². The number of methoxy groups -OCH3 is 1. The van der Waals surface area contributed by atoms with Crippen molar-refractivity contribution in [3.63, 3.8) is 0 Å².